The van der Waals surface area contributed by atoms with Crippen molar-refractivity contribution in [1.82, 2.24) is 4.90 Å². The van der Waals surface area contributed by atoms with E-state index in [-0.39, 0.29) is 0 Å². The van der Waals surface area contributed by atoms with Crippen molar-refractivity contribution >= 4 is 0 Å². The van der Waals surface area contributed by atoms with Crippen LogP contribution in [0.5, 0.6) is 0 Å². The van der Waals surface area contributed by atoms with Gasteiger partial charge in [0, 0.05) is 18.7 Å². The fourth-order valence-corrected chi connectivity index (χ4v) is 1.91. The fourth-order valence-electron chi connectivity index (χ4n) is 1.91. The van der Waals surface area contributed by atoms with Gasteiger partial charge in [0.25, 0.3) is 0 Å². The lowest BCUT2D eigenvalue weighted by molar-refractivity contribution is 0.313. The monoisotopic (exact) mass is 179 g/mol. The van der Waals surface area contributed by atoms with Gasteiger partial charge in [-0.1, -0.05) is 26.8 Å². The number of rotatable bonds is 0. The molecule has 13 heavy (non-hydrogen) atoms. The van der Waals surface area contributed by atoms with Gasteiger partial charge in [0.2, 0.25) is 0 Å². The first-order valence-electron chi connectivity index (χ1n) is 4.92. The van der Waals surface area contributed by atoms with Gasteiger partial charge in [-0.2, -0.15) is 0 Å². The summed E-state index contributed by atoms with van der Waals surface area (Å²) < 4.78 is 0. The van der Waals surface area contributed by atoms with Crippen LogP contribution < -0.4 is 0 Å². The summed E-state index contributed by atoms with van der Waals surface area (Å²) in [5, 5.41) is 0. The van der Waals surface area contributed by atoms with Crippen LogP contribution in [0.4, 0.5) is 0 Å². The Morgan fingerprint density at radius 3 is 2.23 bits per heavy atom. The summed E-state index contributed by atoms with van der Waals surface area (Å²) >= 11 is 0. The largest absolute Gasteiger partial charge is 0.355 e. The molecule has 0 saturated heterocycles. The van der Waals surface area contributed by atoms with E-state index in [4.69, 9.17) is 0 Å². The molecule has 1 aliphatic heterocycles. The van der Waals surface area contributed by atoms with E-state index in [9.17, 15) is 0 Å². The van der Waals surface area contributed by atoms with Crippen molar-refractivity contribution in [2.24, 2.45) is 11.3 Å². The van der Waals surface area contributed by atoms with E-state index in [0.29, 0.717) is 11.3 Å². The summed E-state index contributed by atoms with van der Waals surface area (Å²) in [5.41, 5.74) is 3.23. The van der Waals surface area contributed by atoms with Gasteiger partial charge >= 0.3 is 0 Å². The van der Waals surface area contributed by atoms with Crippen LogP contribution in [0.3, 0.4) is 0 Å². The second-order valence-corrected chi connectivity index (χ2v) is 5.06. The lowest BCUT2D eigenvalue weighted by atomic mass is 9.75. The Labute approximate surface area is 82.1 Å². The highest BCUT2D eigenvalue weighted by atomic mass is 15.1. The molecule has 74 valence electrons. The third kappa shape index (κ3) is 1.96. The molecule has 0 aromatic rings. The predicted molar refractivity (Wildman–Crippen MR) is 58.2 cm³/mol. The first-order valence-corrected chi connectivity index (χ1v) is 4.92. The molecule has 1 heteroatoms. The lowest BCUT2D eigenvalue weighted by Crippen LogP contribution is -2.26. The van der Waals surface area contributed by atoms with Crippen molar-refractivity contribution in [2.45, 2.75) is 34.6 Å². The van der Waals surface area contributed by atoms with Gasteiger partial charge in [-0.3, -0.25) is 0 Å². The van der Waals surface area contributed by atoms with Crippen LogP contribution in [0.25, 0.3) is 0 Å². The van der Waals surface area contributed by atoms with Gasteiger partial charge < -0.3 is 4.90 Å². The third-order valence-corrected chi connectivity index (χ3v) is 3.00. The van der Waals surface area contributed by atoms with E-state index in [0.717, 1.165) is 0 Å². The summed E-state index contributed by atoms with van der Waals surface area (Å²) in [4.78, 5) is 2.19. The van der Waals surface area contributed by atoms with E-state index < -0.39 is 0 Å². The normalized spacial score (nSPS) is 24.2. The Bertz CT molecular complexity index is 253. The van der Waals surface area contributed by atoms with Crippen LogP contribution in [0, 0.1) is 11.3 Å². The minimum Gasteiger partial charge on any atom is -0.355 e. The Hall–Kier alpha value is -0.720. The topological polar surface area (TPSA) is 3.24 Å². The Morgan fingerprint density at radius 1 is 1.23 bits per heavy atom. The van der Waals surface area contributed by atoms with E-state index in [1.165, 1.54) is 11.3 Å². The molecule has 1 unspecified atom stereocenters. The molecule has 1 aliphatic rings. The van der Waals surface area contributed by atoms with Gasteiger partial charge in [0.15, 0.2) is 0 Å². The standard InChI is InChI=1S/C12H21N/c1-9-10(2)13(6)8-7-11(9)12(3,4)5/h7-8,11H,1-6H3. The number of nitrogens with zero attached hydrogens (tertiary/aromatic N) is 1. The molecule has 0 aromatic heterocycles. The van der Waals surface area contributed by atoms with Crippen LogP contribution in [-0.4, -0.2) is 11.9 Å². The molecule has 0 fully saturated rings. The average Bonchev–Trinajstić information content (AvgIpc) is 1.98. The molecule has 0 aliphatic carbocycles. The molecule has 1 atom stereocenters. The molecule has 0 aromatic carbocycles. The first-order chi connectivity index (χ1) is 5.84. The van der Waals surface area contributed by atoms with E-state index in [2.05, 4.69) is 58.8 Å². The molecule has 0 bridgehead atoms. The van der Waals surface area contributed by atoms with Crippen LogP contribution in [-0.2, 0) is 0 Å². The van der Waals surface area contributed by atoms with Crippen LogP contribution in [0.1, 0.15) is 34.6 Å². The fraction of sp³-hybridized carbons (Fsp3) is 0.667. The zero-order valence-electron chi connectivity index (χ0n) is 9.68. The highest BCUT2D eigenvalue weighted by Gasteiger charge is 2.27. The van der Waals surface area contributed by atoms with Crippen LogP contribution >= 0.6 is 0 Å². The third-order valence-electron chi connectivity index (χ3n) is 3.00. The molecule has 1 rings (SSSR count). The van der Waals surface area contributed by atoms with E-state index >= 15 is 0 Å². The summed E-state index contributed by atoms with van der Waals surface area (Å²) in [5.74, 6) is 0.587. The van der Waals surface area contributed by atoms with Gasteiger partial charge in [-0.25, -0.2) is 0 Å². The van der Waals surface area contributed by atoms with Crippen molar-refractivity contribution in [3.63, 3.8) is 0 Å². The predicted octanol–water partition coefficient (Wildman–Crippen LogP) is 3.40. The number of allylic oxidation sites excluding steroid dienone is 3. The Morgan fingerprint density at radius 2 is 1.77 bits per heavy atom. The summed E-state index contributed by atoms with van der Waals surface area (Å²) in [6, 6.07) is 0. The van der Waals surface area contributed by atoms with Crippen LogP contribution in [0.15, 0.2) is 23.5 Å². The van der Waals surface area contributed by atoms with Gasteiger partial charge in [0.05, 0.1) is 0 Å². The van der Waals surface area contributed by atoms with E-state index in [1.54, 1.807) is 0 Å². The van der Waals surface area contributed by atoms with Gasteiger partial charge in [0.1, 0.15) is 0 Å². The molecule has 0 N–H and O–H groups in total. The molecule has 1 nitrogen and oxygen atoms in total. The smallest absolute Gasteiger partial charge is 0.0135 e. The molecular formula is C12H21N. The van der Waals surface area contributed by atoms with Crippen molar-refractivity contribution in [1.29, 1.82) is 0 Å². The maximum absolute atomic E-state index is 2.31. The lowest BCUT2D eigenvalue weighted by Gasteiger charge is -2.35. The number of hydrogen-bond donors (Lipinski definition) is 0. The van der Waals surface area contributed by atoms with E-state index in [1.807, 2.05) is 0 Å². The van der Waals surface area contributed by atoms with Gasteiger partial charge in [-0.05, 0) is 31.0 Å². The molecule has 0 amide bonds. The minimum absolute atomic E-state index is 0.336. The Kier molecular flexibility index (Phi) is 2.56. The highest BCUT2D eigenvalue weighted by Crippen LogP contribution is 2.37. The maximum atomic E-state index is 2.31. The minimum atomic E-state index is 0.336. The molecule has 0 saturated carbocycles. The van der Waals surface area contributed by atoms with Crippen molar-refractivity contribution in [3.8, 4) is 0 Å². The molecule has 0 radical (unpaired) electrons. The summed E-state index contributed by atoms with van der Waals surface area (Å²) in [6.07, 6.45) is 4.49. The zero-order chi connectivity index (χ0) is 10.2. The number of hydrogen-bond acceptors (Lipinski definition) is 1. The molecular weight excluding hydrogens is 158 g/mol. The highest BCUT2D eigenvalue weighted by molar-refractivity contribution is 5.24. The SMILES string of the molecule is CC1=C(C)N(C)C=CC1C(C)(C)C. The van der Waals surface area contributed by atoms with Crippen molar-refractivity contribution < 1.29 is 0 Å². The Balaban J connectivity index is 2.99. The molecule has 1 heterocycles. The zero-order valence-corrected chi connectivity index (χ0v) is 9.68. The molecule has 0 spiro atoms. The van der Waals surface area contributed by atoms with Crippen molar-refractivity contribution in [3.05, 3.63) is 23.5 Å². The van der Waals surface area contributed by atoms with Crippen LogP contribution in [0.2, 0.25) is 0 Å². The van der Waals surface area contributed by atoms with Gasteiger partial charge in [-0.15, -0.1) is 0 Å². The second-order valence-electron chi connectivity index (χ2n) is 5.06. The first kappa shape index (κ1) is 10.4. The second kappa shape index (κ2) is 3.21. The summed E-state index contributed by atoms with van der Waals surface area (Å²) in [6.45, 7) is 11.3. The average molecular weight is 179 g/mol. The maximum Gasteiger partial charge on any atom is 0.0135 e. The quantitative estimate of drug-likeness (QED) is 0.551. The summed E-state index contributed by atoms with van der Waals surface area (Å²) in [7, 11) is 2.11. The van der Waals surface area contributed by atoms with Crippen molar-refractivity contribution in [2.75, 3.05) is 7.05 Å².